The first-order valence-corrected chi connectivity index (χ1v) is 4.90. The Morgan fingerprint density at radius 2 is 2.31 bits per heavy atom. The van der Waals surface area contributed by atoms with Crippen LogP contribution in [0.2, 0.25) is 0 Å². The average molecular weight is 223 g/mol. The van der Waals surface area contributed by atoms with Crippen LogP contribution < -0.4 is 4.90 Å². The molecule has 0 amide bonds. The van der Waals surface area contributed by atoms with Crippen molar-refractivity contribution in [2.45, 2.75) is 12.5 Å². The number of methoxy groups -OCH3 is 1. The second-order valence-corrected chi connectivity index (χ2v) is 4.06. The van der Waals surface area contributed by atoms with Crippen molar-refractivity contribution in [2.24, 2.45) is 0 Å². The Labute approximate surface area is 92.9 Å². The molecule has 0 atom stereocenters. The van der Waals surface area contributed by atoms with Crippen LogP contribution in [0.4, 0.5) is 5.95 Å². The van der Waals surface area contributed by atoms with Gasteiger partial charge in [0.1, 0.15) is 5.60 Å². The molecule has 1 aromatic heterocycles. The maximum atomic E-state index is 10.7. The van der Waals surface area contributed by atoms with E-state index in [0.29, 0.717) is 19.0 Å². The molecule has 0 spiro atoms. The molecule has 1 N–H and O–H groups in total. The van der Waals surface area contributed by atoms with E-state index in [-0.39, 0.29) is 11.3 Å². The summed E-state index contributed by atoms with van der Waals surface area (Å²) in [5, 5.41) is 8.80. The van der Waals surface area contributed by atoms with Gasteiger partial charge in [0.2, 0.25) is 5.95 Å². The largest absolute Gasteiger partial charge is 0.477 e. The summed E-state index contributed by atoms with van der Waals surface area (Å²) in [5.41, 5.74) is -0.168. The smallest absolute Gasteiger partial charge is 0.354 e. The predicted octanol–water partition coefficient (Wildman–Crippen LogP) is 0.400. The number of carbonyl (C=O) groups is 1. The molecule has 2 rings (SSSR count). The summed E-state index contributed by atoms with van der Waals surface area (Å²) in [6, 6.07) is 1.38. The Bertz CT molecular complexity index is 416. The van der Waals surface area contributed by atoms with Crippen molar-refractivity contribution in [1.82, 2.24) is 9.97 Å². The van der Waals surface area contributed by atoms with E-state index in [2.05, 4.69) is 9.97 Å². The normalized spacial score (nSPS) is 18.0. The number of aromatic nitrogens is 2. The van der Waals surface area contributed by atoms with Gasteiger partial charge in [-0.25, -0.2) is 14.8 Å². The van der Waals surface area contributed by atoms with E-state index >= 15 is 0 Å². The van der Waals surface area contributed by atoms with E-state index in [4.69, 9.17) is 9.84 Å². The van der Waals surface area contributed by atoms with Crippen molar-refractivity contribution in [3.05, 3.63) is 18.0 Å². The molecule has 0 bridgehead atoms. The Morgan fingerprint density at radius 1 is 1.62 bits per heavy atom. The first-order chi connectivity index (χ1) is 7.54. The molecule has 1 aromatic rings. The lowest BCUT2D eigenvalue weighted by molar-refractivity contribution is -0.0175. The summed E-state index contributed by atoms with van der Waals surface area (Å²) in [6.45, 7) is 3.34. The molecular formula is C10H13N3O3. The molecule has 0 aliphatic carbocycles. The SMILES string of the molecule is COC1(C)CN(c2nccc(C(=O)O)n2)C1. The van der Waals surface area contributed by atoms with Gasteiger partial charge in [0.15, 0.2) is 5.69 Å². The minimum atomic E-state index is -1.04. The number of rotatable bonds is 3. The molecule has 0 unspecified atom stereocenters. The summed E-state index contributed by atoms with van der Waals surface area (Å²) >= 11 is 0. The first kappa shape index (κ1) is 10.8. The Balaban J connectivity index is 2.12. The Kier molecular flexibility index (Phi) is 2.51. The monoisotopic (exact) mass is 223 g/mol. The summed E-state index contributed by atoms with van der Waals surface area (Å²) in [7, 11) is 1.66. The number of nitrogens with zero attached hydrogens (tertiary/aromatic N) is 3. The van der Waals surface area contributed by atoms with E-state index in [9.17, 15) is 4.79 Å². The average Bonchev–Trinajstić information content (AvgIpc) is 2.25. The van der Waals surface area contributed by atoms with Gasteiger partial charge in [-0.3, -0.25) is 0 Å². The fourth-order valence-electron chi connectivity index (χ4n) is 1.65. The van der Waals surface area contributed by atoms with Gasteiger partial charge in [-0.05, 0) is 13.0 Å². The highest BCUT2D eigenvalue weighted by Crippen LogP contribution is 2.26. The zero-order chi connectivity index (χ0) is 11.8. The number of aromatic carboxylic acids is 1. The van der Waals surface area contributed by atoms with Gasteiger partial charge >= 0.3 is 5.97 Å². The zero-order valence-electron chi connectivity index (χ0n) is 9.17. The van der Waals surface area contributed by atoms with Crippen LogP contribution in [-0.2, 0) is 4.74 Å². The van der Waals surface area contributed by atoms with E-state index < -0.39 is 5.97 Å². The third-order valence-corrected chi connectivity index (χ3v) is 2.69. The van der Waals surface area contributed by atoms with E-state index in [1.807, 2.05) is 11.8 Å². The molecule has 2 heterocycles. The Hall–Kier alpha value is -1.69. The number of carboxylic acids is 1. The standard InChI is InChI=1S/C10H13N3O3/c1-10(16-2)5-13(6-10)9-11-4-3-7(12-9)8(14)15/h3-4H,5-6H2,1-2H3,(H,14,15). The van der Waals surface area contributed by atoms with Crippen LogP contribution in [0, 0.1) is 0 Å². The predicted molar refractivity (Wildman–Crippen MR) is 56.6 cm³/mol. The van der Waals surface area contributed by atoms with Gasteiger partial charge in [-0.15, -0.1) is 0 Å². The molecule has 1 aliphatic rings. The molecule has 1 fully saturated rings. The first-order valence-electron chi connectivity index (χ1n) is 4.90. The highest BCUT2D eigenvalue weighted by molar-refractivity contribution is 5.85. The molecule has 0 radical (unpaired) electrons. The van der Waals surface area contributed by atoms with Gasteiger partial charge in [0.05, 0.1) is 13.1 Å². The van der Waals surface area contributed by atoms with Crippen molar-refractivity contribution >= 4 is 11.9 Å². The molecule has 86 valence electrons. The molecule has 1 aliphatic heterocycles. The summed E-state index contributed by atoms with van der Waals surface area (Å²) in [6.07, 6.45) is 1.45. The molecule has 6 heteroatoms. The summed E-state index contributed by atoms with van der Waals surface area (Å²) in [5.74, 6) is -0.604. The van der Waals surface area contributed by atoms with Crippen molar-refractivity contribution in [3.63, 3.8) is 0 Å². The summed E-state index contributed by atoms with van der Waals surface area (Å²) in [4.78, 5) is 20.6. The lowest BCUT2D eigenvalue weighted by Gasteiger charge is -2.46. The molecule has 0 saturated carbocycles. The maximum absolute atomic E-state index is 10.7. The van der Waals surface area contributed by atoms with Crippen molar-refractivity contribution in [3.8, 4) is 0 Å². The second-order valence-electron chi connectivity index (χ2n) is 4.06. The molecule has 0 aromatic carbocycles. The molecule has 6 nitrogen and oxygen atoms in total. The summed E-state index contributed by atoms with van der Waals surface area (Å²) < 4.78 is 5.29. The Morgan fingerprint density at radius 3 is 2.88 bits per heavy atom. The molecule has 1 saturated heterocycles. The zero-order valence-corrected chi connectivity index (χ0v) is 9.17. The van der Waals surface area contributed by atoms with Gasteiger partial charge in [0.25, 0.3) is 0 Å². The van der Waals surface area contributed by atoms with Gasteiger partial charge in [-0.1, -0.05) is 0 Å². The second kappa shape index (κ2) is 3.71. The van der Waals surface area contributed by atoms with Gasteiger partial charge in [0, 0.05) is 13.3 Å². The van der Waals surface area contributed by atoms with Gasteiger partial charge < -0.3 is 14.7 Å². The third kappa shape index (κ3) is 1.83. The number of ether oxygens (including phenoxy) is 1. The maximum Gasteiger partial charge on any atom is 0.354 e. The topological polar surface area (TPSA) is 75.5 Å². The van der Waals surface area contributed by atoms with E-state index in [1.165, 1.54) is 12.3 Å². The van der Waals surface area contributed by atoms with Crippen molar-refractivity contribution in [1.29, 1.82) is 0 Å². The van der Waals surface area contributed by atoms with Crippen LogP contribution >= 0.6 is 0 Å². The van der Waals surface area contributed by atoms with Gasteiger partial charge in [-0.2, -0.15) is 0 Å². The number of hydrogen-bond acceptors (Lipinski definition) is 5. The van der Waals surface area contributed by atoms with Crippen LogP contribution in [0.25, 0.3) is 0 Å². The molecule has 16 heavy (non-hydrogen) atoms. The molecular weight excluding hydrogens is 210 g/mol. The highest BCUT2D eigenvalue weighted by atomic mass is 16.5. The lowest BCUT2D eigenvalue weighted by Crippen LogP contribution is -2.61. The van der Waals surface area contributed by atoms with E-state index in [0.717, 1.165) is 0 Å². The van der Waals surface area contributed by atoms with Crippen LogP contribution in [0.15, 0.2) is 12.3 Å². The lowest BCUT2D eigenvalue weighted by atomic mass is 9.97. The van der Waals surface area contributed by atoms with E-state index in [1.54, 1.807) is 7.11 Å². The fraction of sp³-hybridized carbons (Fsp3) is 0.500. The third-order valence-electron chi connectivity index (χ3n) is 2.69. The minimum Gasteiger partial charge on any atom is -0.477 e. The fourth-order valence-corrected chi connectivity index (χ4v) is 1.65. The van der Waals surface area contributed by atoms with Crippen LogP contribution in [0.3, 0.4) is 0 Å². The number of carboxylic acid groups (broad SMARTS) is 1. The van der Waals surface area contributed by atoms with Crippen molar-refractivity contribution < 1.29 is 14.6 Å². The van der Waals surface area contributed by atoms with Crippen LogP contribution in [-0.4, -0.2) is 46.8 Å². The number of hydrogen-bond donors (Lipinski definition) is 1. The highest BCUT2D eigenvalue weighted by Gasteiger charge is 2.40. The minimum absolute atomic E-state index is 0.0102. The van der Waals surface area contributed by atoms with Crippen LogP contribution in [0.5, 0.6) is 0 Å². The van der Waals surface area contributed by atoms with Crippen molar-refractivity contribution in [2.75, 3.05) is 25.1 Å². The van der Waals surface area contributed by atoms with Crippen LogP contribution in [0.1, 0.15) is 17.4 Å². The quantitative estimate of drug-likeness (QED) is 0.799. The number of anilines is 1.